The van der Waals surface area contributed by atoms with Crippen molar-refractivity contribution in [2.45, 2.75) is 0 Å². The summed E-state index contributed by atoms with van der Waals surface area (Å²) < 4.78 is 21.1. The van der Waals surface area contributed by atoms with Gasteiger partial charge in [0, 0.05) is 25.5 Å². The van der Waals surface area contributed by atoms with Crippen LogP contribution in [0, 0.1) is 5.82 Å². The fraction of sp³-hybridized carbons (Fsp3) is 0.0625. The number of methoxy groups -OCH3 is 1. The van der Waals surface area contributed by atoms with Crippen LogP contribution in [0.15, 0.2) is 46.3 Å². The Morgan fingerprint density at radius 2 is 2.00 bits per heavy atom. The Balaban J connectivity index is 2.20. The summed E-state index contributed by atoms with van der Waals surface area (Å²) in [7, 11) is 1.42. The number of rotatable bonds is 3. The average molecular weight is 365 g/mol. The predicted octanol–water partition coefficient (Wildman–Crippen LogP) is 5.04. The molecule has 2 aromatic carbocycles. The van der Waals surface area contributed by atoms with E-state index in [-0.39, 0.29) is 17.1 Å². The summed E-state index contributed by atoms with van der Waals surface area (Å²) in [5.41, 5.74) is 0.458. The van der Waals surface area contributed by atoms with Crippen LogP contribution in [-0.4, -0.2) is 12.9 Å². The molecule has 0 unspecified atom stereocenters. The van der Waals surface area contributed by atoms with Crippen molar-refractivity contribution in [2.75, 3.05) is 7.11 Å². The van der Waals surface area contributed by atoms with Gasteiger partial charge in [-0.2, -0.15) is 0 Å². The van der Waals surface area contributed by atoms with Crippen LogP contribution in [0.4, 0.5) is 4.39 Å². The van der Waals surface area contributed by atoms with Crippen LogP contribution in [0.25, 0.3) is 10.1 Å². The van der Waals surface area contributed by atoms with Gasteiger partial charge in [0.15, 0.2) is 0 Å². The standard InChI is InChI=1S/C16H10BrFO2S/c1-20-13-7-3-6-12(18)14(13)15(19)10-8-21-16-9(10)4-2-5-11(16)17/h2-8H,1H3. The first kappa shape index (κ1) is 14.2. The Hall–Kier alpha value is -1.72. The lowest BCUT2D eigenvalue weighted by atomic mass is 10.0. The van der Waals surface area contributed by atoms with Gasteiger partial charge < -0.3 is 4.74 Å². The first-order valence-electron chi connectivity index (χ1n) is 6.16. The maximum atomic E-state index is 14.1. The molecule has 0 aliphatic heterocycles. The van der Waals surface area contributed by atoms with Gasteiger partial charge in [0.2, 0.25) is 5.78 Å². The van der Waals surface area contributed by atoms with Gasteiger partial charge in [-0.15, -0.1) is 11.3 Å². The van der Waals surface area contributed by atoms with E-state index >= 15 is 0 Å². The monoisotopic (exact) mass is 364 g/mol. The van der Waals surface area contributed by atoms with E-state index in [0.29, 0.717) is 5.56 Å². The fourth-order valence-electron chi connectivity index (χ4n) is 2.23. The van der Waals surface area contributed by atoms with Crippen molar-refractivity contribution >= 4 is 43.1 Å². The minimum Gasteiger partial charge on any atom is -0.496 e. The van der Waals surface area contributed by atoms with E-state index in [0.717, 1.165) is 14.6 Å². The molecule has 0 N–H and O–H groups in total. The van der Waals surface area contributed by atoms with E-state index < -0.39 is 5.82 Å². The van der Waals surface area contributed by atoms with Gasteiger partial charge in [-0.25, -0.2) is 4.39 Å². The molecule has 3 rings (SSSR count). The molecule has 0 spiro atoms. The number of benzene rings is 2. The highest BCUT2D eigenvalue weighted by Crippen LogP contribution is 2.35. The quantitative estimate of drug-likeness (QED) is 0.608. The van der Waals surface area contributed by atoms with E-state index in [2.05, 4.69) is 15.9 Å². The van der Waals surface area contributed by atoms with Crippen LogP contribution in [0.5, 0.6) is 5.75 Å². The highest BCUT2D eigenvalue weighted by Gasteiger charge is 2.22. The van der Waals surface area contributed by atoms with Crippen LogP contribution in [0.3, 0.4) is 0 Å². The molecule has 1 aromatic heterocycles. The highest BCUT2D eigenvalue weighted by molar-refractivity contribution is 9.10. The summed E-state index contributed by atoms with van der Waals surface area (Å²) >= 11 is 4.91. The SMILES string of the molecule is COc1cccc(F)c1C(=O)c1csc2c(Br)cccc12. The molecule has 2 nitrogen and oxygen atoms in total. The molecule has 0 saturated heterocycles. The lowest BCUT2D eigenvalue weighted by Crippen LogP contribution is -2.06. The molecular formula is C16H10BrFO2S. The third-order valence-corrected chi connectivity index (χ3v) is 5.17. The van der Waals surface area contributed by atoms with Crippen molar-refractivity contribution in [3.63, 3.8) is 0 Å². The molecular weight excluding hydrogens is 355 g/mol. The van der Waals surface area contributed by atoms with Gasteiger partial charge in [0.25, 0.3) is 0 Å². The predicted molar refractivity (Wildman–Crippen MR) is 85.9 cm³/mol. The zero-order valence-electron chi connectivity index (χ0n) is 11.0. The number of ketones is 1. The molecule has 0 atom stereocenters. The normalized spacial score (nSPS) is 10.8. The Morgan fingerprint density at radius 3 is 2.76 bits per heavy atom. The number of hydrogen-bond acceptors (Lipinski definition) is 3. The van der Waals surface area contributed by atoms with Gasteiger partial charge in [-0.05, 0) is 34.1 Å². The molecule has 0 aliphatic carbocycles. The van der Waals surface area contributed by atoms with Gasteiger partial charge in [-0.3, -0.25) is 4.79 Å². The Bertz CT molecular complexity index is 841. The number of carbonyl (C=O) groups excluding carboxylic acids is 1. The third-order valence-electron chi connectivity index (χ3n) is 3.22. The number of hydrogen-bond donors (Lipinski definition) is 0. The number of carbonyl (C=O) groups is 1. The fourth-order valence-corrected chi connectivity index (χ4v) is 3.83. The van der Waals surface area contributed by atoms with Crippen LogP contribution in [-0.2, 0) is 0 Å². The summed E-state index contributed by atoms with van der Waals surface area (Å²) in [4.78, 5) is 12.7. The van der Waals surface area contributed by atoms with Crippen molar-refractivity contribution in [2.24, 2.45) is 0 Å². The smallest absolute Gasteiger partial charge is 0.201 e. The van der Waals surface area contributed by atoms with Gasteiger partial charge in [0.1, 0.15) is 17.1 Å². The van der Waals surface area contributed by atoms with Crippen LogP contribution in [0.2, 0.25) is 0 Å². The molecule has 21 heavy (non-hydrogen) atoms. The van der Waals surface area contributed by atoms with Gasteiger partial charge in [-0.1, -0.05) is 18.2 Å². The molecule has 3 aromatic rings. The minimum atomic E-state index is -0.575. The van der Waals surface area contributed by atoms with Crippen molar-refractivity contribution < 1.29 is 13.9 Å². The van der Waals surface area contributed by atoms with Gasteiger partial charge >= 0.3 is 0 Å². The number of ether oxygens (including phenoxy) is 1. The average Bonchev–Trinajstić information content (AvgIpc) is 2.91. The molecule has 0 aliphatic rings. The first-order chi connectivity index (χ1) is 10.1. The van der Waals surface area contributed by atoms with Gasteiger partial charge in [0.05, 0.1) is 7.11 Å². The lowest BCUT2D eigenvalue weighted by Gasteiger charge is -2.08. The van der Waals surface area contributed by atoms with Crippen molar-refractivity contribution in [3.8, 4) is 5.75 Å². The number of halogens is 2. The molecule has 106 valence electrons. The van der Waals surface area contributed by atoms with Crippen LogP contribution in [0.1, 0.15) is 15.9 Å². The summed E-state index contributed by atoms with van der Waals surface area (Å²) in [5.74, 6) is -0.697. The maximum Gasteiger partial charge on any atom is 0.201 e. The van der Waals surface area contributed by atoms with E-state index in [1.54, 1.807) is 11.4 Å². The Labute approximate surface area is 133 Å². The van der Waals surface area contributed by atoms with Crippen LogP contribution >= 0.6 is 27.3 Å². The highest BCUT2D eigenvalue weighted by atomic mass is 79.9. The molecule has 0 bridgehead atoms. The van der Waals surface area contributed by atoms with E-state index in [1.165, 1.54) is 30.6 Å². The maximum absolute atomic E-state index is 14.1. The largest absolute Gasteiger partial charge is 0.496 e. The lowest BCUT2D eigenvalue weighted by molar-refractivity contribution is 0.103. The molecule has 0 amide bonds. The van der Waals surface area contributed by atoms with E-state index in [9.17, 15) is 9.18 Å². The summed E-state index contributed by atoms with van der Waals surface area (Å²) in [6, 6.07) is 10.00. The van der Waals surface area contributed by atoms with E-state index in [1.807, 2.05) is 18.2 Å². The molecule has 5 heteroatoms. The van der Waals surface area contributed by atoms with E-state index in [4.69, 9.17) is 4.74 Å². The molecule has 1 heterocycles. The second-order valence-corrected chi connectivity index (χ2v) is 6.15. The zero-order valence-corrected chi connectivity index (χ0v) is 13.4. The van der Waals surface area contributed by atoms with Crippen molar-refractivity contribution in [1.82, 2.24) is 0 Å². The molecule has 0 fully saturated rings. The second kappa shape index (κ2) is 5.58. The Morgan fingerprint density at radius 1 is 1.24 bits per heavy atom. The third kappa shape index (κ3) is 2.36. The topological polar surface area (TPSA) is 26.3 Å². The number of thiophene rings is 1. The molecule has 0 saturated carbocycles. The van der Waals surface area contributed by atoms with Crippen LogP contribution < -0.4 is 4.74 Å². The first-order valence-corrected chi connectivity index (χ1v) is 7.83. The Kier molecular flexibility index (Phi) is 3.78. The second-order valence-electron chi connectivity index (χ2n) is 4.41. The zero-order chi connectivity index (χ0) is 15.0. The van der Waals surface area contributed by atoms with Crippen molar-refractivity contribution in [3.05, 3.63) is 63.2 Å². The molecule has 0 radical (unpaired) electrons. The van der Waals surface area contributed by atoms with Crippen molar-refractivity contribution in [1.29, 1.82) is 0 Å². The number of fused-ring (bicyclic) bond motifs is 1. The minimum absolute atomic E-state index is 0.0281. The summed E-state index contributed by atoms with van der Waals surface area (Å²) in [6.45, 7) is 0. The summed E-state index contributed by atoms with van der Waals surface area (Å²) in [5, 5.41) is 2.56. The summed E-state index contributed by atoms with van der Waals surface area (Å²) in [6.07, 6.45) is 0.